The van der Waals surface area contributed by atoms with Crippen molar-refractivity contribution >= 4 is 29.9 Å². The molecule has 0 fully saturated rings. The van der Waals surface area contributed by atoms with Gasteiger partial charge in [0.1, 0.15) is 0 Å². The van der Waals surface area contributed by atoms with Crippen molar-refractivity contribution < 1.29 is 5.11 Å². The van der Waals surface area contributed by atoms with Gasteiger partial charge in [-0.3, -0.25) is 9.67 Å². The Morgan fingerprint density at radius 2 is 2.07 bits per heavy atom. The maximum atomic E-state index is 10.3. The molecule has 148 valence electrons. The van der Waals surface area contributed by atoms with Gasteiger partial charge in [-0.2, -0.15) is 5.10 Å². The van der Waals surface area contributed by atoms with Gasteiger partial charge in [0.15, 0.2) is 5.96 Å². The topological polar surface area (TPSA) is 74.5 Å². The molecule has 0 saturated carbocycles. The van der Waals surface area contributed by atoms with Gasteiger partial charge in [0.25, 0.3) is 0 Å². The molecule has 2 atom stereocenters. The van der Waals surface area contributed by atoms with Crippen molar-refractivity contribution in [1.29, 1.82) is 0 Å². The first-order valence-electron chi connectivity index (χ1n) is 9.34. The van der Waals surface area contributed by atoms with Crippen LogP contribution >= 0.6 is 24.0 Å². The first-order valence-corrected chi connectivity index (χ1v) is 9.34. The van der Waals surface area contributed by atoms with E-state index in [1.807, 2.05) is 30.3 Å². The van der Waals surface area contributed by atoms with Crippen LogP contribution in [0.15, 0.2) is 41.5 Å². The van der Waals surface area contributed by atoms with E-state index in [-0.39, 0.29) is 24.0 Å². The molecule has 0 aliphatic heterocycles. The van der Waals surface area contributed by atoms with Crippen LogP contribution in [0.25, 0.3) is 0 Å². The summed E-state index contributed by atoms with van der Waals surface area (Å²) >= 11 is 0. The van der Waals surface area contributed by atoms with E-state index in [1.165, 1.54) is 11.3 Å². The molecular weight excluding hydrogens is 453 g/mol. The number of guanidine groups is 1. The van der Waals surface area contributed by atoms with Gasteiger partial charge < -0.3 is 15.7 Å². The fourth-order valence-corrected chi connectivity index (χ4v) is 3.27. The number of nitrogens with zero attached hydrogens (tertiary/aromatic N) is 3. The van der Waals surface area contributed by atoms with E-state index in [9.17, 15) is 5.11 Å². The second kappa shape index (κ2) is 10.1. The molecule has 6 nitrogen and oxygen atoms in total. The van der Waals surface area contributed by atoms with Crippen LogP contribution in [-0.4, -0.2) is 40.5 Å². The van der Waals surface area contributed by atoms with Crippen LogP contribution < -0.4 is 10.6 Å². The van der Waals surface area contributed by atoms with Crippen molar-refractivity contribution in [3.8, 4) is 0 Å². The molecule has 2 unspecified atom stereocenters. The van der Waals surface area contributed by atoms with E-state index >= 15 is 0 Å². The maximum absolute atomic E-state index is 10.3. The zero-order valence-electron chi connectivity index (χ0n) is 16.2. The Hall–Kier alpha value is -1.61. The minimum Gasteiger partial charge on any atom is -0.387 e. The average Bonchev–Trinajstić information content (AvgIpc) is 3.09. The molecule has 1 aromatic carbocycles. The number of hydrogen-bond acceptors (Lipinski definition) is 3. The largest absolute Gasteiger partial charge is 0.387 e. The molecule has 0 radical (unpaired) electrons. The van der Waals surface area contributed by atoms with Gasteiger partial charge in [0.2, 0.25) is 0 Å². The molecule has 0 bridgehead atoms. The number of rotatable bonds is 5. The number of halogens is 1. The molecular formula is C20H30IN5O. The number of aliphatic imine (C=N–C) groups is 1. The first kappa shape index (κ1) is 21.7. The summed E-state index contributed by atoms with van der Waals surface area (Å²) in [6, 6.07) is 10.4. The van der Waals surface area contributed by atoms with Crippen molar-refractivity contribution in [1.82, 2.24) is 20.4 Å². The molecule has 1 heterocycles. The van der Waals surface area contributed by atoms with E-state index in [2.05, 4.69) is 40.4 Å². The van der Waals surface area contributed by atoms with Crippen LogP contribution in [0.3, 0.4) is 0 Å². The predicted octanol–water partition coefficient (Wildman–Crippen LogP) is 2.84. The minimum absolute atomic E-state index is 0. The molecule has 1 aliphatic carbocycles. The first-order chi connectivity index (χ1) is 12.6. The number of fused-ring (bicyclic) bond motifs is 1. The molecule has 3 rings (SSSR count). The highest BCUT2D eigenvalue weighted by Crippen LogP contribution is 2.21. The summed E-state index contributed by atoms with van der Waals surface area (Å²) in [7, 11) is 1.76. The van der Waals surface area contributed by atoms with E-state index in [4.69, 9.17) is 5.10 Å². The minimum atomic E-state index is -0.561. The van der Waals surface area contributed by atoms with E-state index in [0.717, 1.165) is 30.8 Å². The molecule has 3 N–H and O–H groups in total. The SMILES string of the molecule is CN=C(NCC(O)c1ccccc1)NC1CCc2cn(C(C)C)nc2C1.I. The van der Waals surface area contributed by atoms with Crippen LogP contribution in [0.2, 0.25) is 0 Å². The monoisotopic (exact) mass is 483 g/mol. The highest BCUT2D eigenvalue weighted by Gasteiger charge is 2.23. The zero-order chi connectivity index (χ0) is 18.5. The summed E-state index contributed by atoms with van der Waals surface area (Å²) in [6.45, 7) is 4.72. The number of aliphatic hydroxyl groups excluding tert-OH is 1. The van der Waals surface area contributed by atoms with Crippen molar-refractivity contribution in [3.63, 3.8) is 0 Å². The second-order valence-electron chi connectivity index (χ2n) is 7.14. The quantitative estimate of drug-likeness (QED) is 0.348. The zero-order valence-corrected chi connectivity index (χ0v) is 18.6. The third-order valence-corrected chi connectivity index (χ3v) is 4.84. The Kier molecular flexibility index (Phi) is 8.09. The van der Waals surface area contributed by atoms with Crippen LogP contribution in [0.1, 0.15) is 49.2 Å². The lowest BCUT2D eigenvalue weighted by Gasteiger charge is -2.25. The summed E-state index contributed by atoms with van der Waals surface area (Å²) in [5.41, 5.74) is 3.44. The molecule has 7 heteroatoms. The van der Waals surface area contributed by atoms with Crippen LogP contribution in [0.4, 0.5) is 0 Å². The molecule has 2 aromatic rings. The standard InChI is InChI=1S/C20H29N5O.HI/c1-14(2)25-13-16-9-10-17(11-18(16)24-25)23-20(21-3)22-12-19(26)15-7-5-4-6-8-15;/h4-8,13-14,17,19,26H,9-12H2,1-3H3,(H2,21,22,23);1H. The van der Waals surface area contributed by atoms with Gasteiger partial charge >= 0.3 is 0 Å². The van der Waals surface area contributed by atoms with Gasteiger partial charge in [0, 0.05) is 38.3 Å². The Balaban J connectivity index is 0.00000261. The van der Waals surface area contributed by atoms with Gasteiger partial charge in [0.05, 0.1) is 11.8 Å². The summed E-state index contributed by atoms with van der Waals surface area (Å²) < 4.78 is 2.05. The Labute approximate surface area is 178 Å². The van der Waals surface area contributed by atoms with Crippen molar-refractivity contribution in [2.45, 2.75) is 51.3 Å². The molecule has 0 saturated heterocycles. The summed E-state index contributed by atoms with van der Waals surface area (Å²) in [5.74, 6) is 0.719. The Morgan fingerprint density at radius 3 is 2.74 bits per heavy atom. The molecule has 0 spiro atoms. The number of nitrogens with one attached hydrogen (secondary N) is 2. The lowest BCUT2D eigenvalue weighted by Crippen LogP contribution is -2.46. The highest BCUT2D eigenvalue weighted by molar-refractivity contribution is 14.0. The van der Waals surface area contributed by atoms with Crippen LogP contribution in [0, 0.1) is 0 Å². The average molecular weight is 483 g/mol. The number of benzene rings is 1. The number of hydrogen-bond donors (Lipinski definition) is 3. The van der Waals surface area contributed by atoms with Gasteiger partial charge in [-0.05, 0) is 37.8 Å². The van der Waals surface area contributed by atoms with Gasteiger partial charge in [-0.1, -0.05) is 30.3 Å². The van der Waals surface area contributed by atoms with E-state index in [1.54, 1.807) is 7.05 Å². The summed E-state index contributed by atoms with van der Waals surface area (Å²) in [5, 5.41) is 21.7. The Morgan fingerprint density at radius 1 is 1.33 bits per heavy atom. The normalized spacial score (nSPS) is 17.8. The third-order valence-electron chi connectivity index (χ3n) is 4.84. The second-order valence-corrected chi connectivity index (χ2v) is 7.14. The molecule has 0 amide bonds. The predicted molar refractivity (Wildman–Crippen MR) is 120 cm³/mol. The van der Waals surface area contributed by atoms with Crippen molar-refractivity contribution in [2.75, 3.05) is 13.6 Å². The molecule has 1 aliphatic rings. The van der Waals surface area contributed by atoms with Crippen molar-refractivity contribution in [2.24, 2.45) is 4.99 Å². The van der Waals surface area contributed by atoms with Crippen LogP contribution in [0.5, 0.6) is 0 Å². The fourth-order valence-electron chi connectivity index (χ4n) is 3.27. The third kappa shape index (κ3) is 5.68. The van der Waals surface area contributed by atoms with Crippen LogP contribution in [-0.2, 0) is 12.8 Å². The number of aromatic nitrogens is 2. The highest BCUT2D eigenvalue weighted by atomic mass is 127. The van der Waals surface area contributed by atoms with Gasteiger partial charge in [-0.25, -0.2) is 0 Å². The smallest absolute Gasteiger partial charge is 0.191 e. The lowest BCUT2D eigenvalue weighted by atomic mass is 9.94. The lowest BCUT2D eigenvalue weighted by molar-refractivity contribution is 0.180. The molecule has 1 aromatic heterocycles. The van der Waals surface area contributed by atoms with Crippen molar-refractivity contribution in [3.05, 3.63) is 53.3 Å². The summed E-state index contributed by atoms with van der Waals surface area (Å²) in [4.78, 5) is 4.29. The number of aryl methyl sites for hydroxylation is 1. The number of aliphatic hydroxyl groups is 1. The Bertz CT molecular complexity index is 744. The van der Waals surface area contributed by atoms with E-state index in [0.29, 0.717) is 18.6 Å². The summed E-state index contributed by atoms with van der Waals surface area (Å²) in [6.07, 6.45) is 4.60. The molecule has 27 heavy (non-hydrogen) atoms. The van der Waals surface area contributed by atoms with Gasteiger partial charge in [-0.15, -0.1) is 24.0 Å². The fraction of sp³-hybridized carbons (Fsp3) is 0.500. The van der Waals surface area contributed by atoms with E-state index < -0.39 is 6.10 Å². The maximum Gasteiger partial charge on any atom is 0.191 e.